The molecule has 1 heterocycles. The van der Waals surface area contributed by atoms with Gasteiger partial charge in [0.1, 0.15) is 0 Å². The molecule has 2 amide bonds. The van der Waals surface area contributed by atoms with E-state index in [1.807, 2.05) is 6.07 Å². The molecule has 3 rings (SSSR count). The molecule has 0 atom stereocenters. The van der Waals surface area contributed by atoms with Gasteiger partial charge in [-0.1, -0.05) is 30.3 Å². The van der Waals surface area contributed by atoms with Crippen LogP contribution >= 0.6 is 0 Å². The molecule has 0 saturated carbocycles. The maximum Gasteiger partial charge on any atom is 0.271 e. The molecule has 0 bridgehead atoms. The Balaban J connectivity index is 2.27. The van der Waals surface area contributed by atoms with Gasteiger partial charge in [0, 0.05) is 24.6 Å². The molecule has 0 fully saturated rings. The van der Waals surface area contributed by atoms with Crippen LogP contribution in [0.15, 0.2) is 48.5 Å². The Morgan fingerprint density at radius 1 is 1.17 bits per heavy atom. The molecule has 0 aromatic heterocycles. The van der Waals surface area contributed by atoms with E-state index in [0.29, 0.717) is 11.1 Å². The summed E-state index contributed by atoms with van der Waals surface area (Å²) in [7, 11) is 0. The number of carbonyl (C=O) groups is 2. The van der Waals surface area contributed by atoms with Gasteiger partial charge in [0.15, 0.2) is 0 Å². The normalized spacial score (nSPS) is 15.2. The lowest BCUT2D eigenvalue weighted by Gasteiger charge is -2.11. The third-order valence-electron chi connectivity index (χ3n) is 3.79. The minimum Gasteiger partial charge on any atom is -0.398 e. The fraction of sp³-hybridized carbons (Fsp3) is 0.0588. The third-order valence-corrected chi connectivity index (χ3v) is 3.79. The summed E-state index contributed by atoms with van der Waals surface area (Å²) >= 11 is 0. The highest BCUT2D eigenvalue weighted by Gasteiger charge is 2.38. The fourth-order valence-electron chi connectivity index (χ4n) is 2.70. The lowest BCUT2D eigenvalue weighted by molar-refractivity contribution is -0.384. The highest BCUT2D eigenvalue weighted by Crippen LogP contribution is 2.41. The number of nitrogens with zero attached hydrogens (tertiary/aromatic N) is 2. The molecular weight excluding hydrogens is 310 g/mol. The zero-order valence-electron chi connectivity index (χ0n) is 12.7. The van der Waals surface area contributed by atoms with Gasteiger partial charge in [0.2, 0.25) is 5.91 Å². The second-order valence-electron chi connectivity index (χ2n) is 5.27. The molecule has 0 unspecified atom stereocenters. The number of nitro benzene ring substituents is 1. The smallest absolute Gasteiger partial charge is 0.271 e. The van der Waals surface area contributed by atoms with Crippen molar-refractivity contribution in [2.75, 3.05) is 4.90 Å². The Labute approximate surface area is 137 Å². The van der Waals surface area contributed by atoms with Crippen LogP contribution in [0.1, 0.15) is 18.1 Å². The van der Waals surface area contributed by atoms with Gasteiger partial charge in [0.05, 0.1) is 21.9 Å². The molecule has 0 saturated heterocycles. The molecule has 2 N–H and O–H groups in total. The number of nitrogens with two attached hydrogens (primary N) is 1. The number of carbonyl (C=O) groups excluding carboxylic acids is 2. The van der Waals surface area contributed by atoms with Crippen molar-refractivity contribution in [3.05, 3.63) is 69.8 Å². The number of rotatable bonds is 2. The average molecular weight is 323 g/mol. The Morgan fingerprint density at radius 3 is 2.42 bits per heavy atom. The molecule has 0 radical (unpaired) electrons. The lowest BCUT2D eigenvalue weighted by Crippen LogP contribution is -2.31. The van der Waals surface area contributed by atoms with Crippen molar-refractivity contribution in [2.24, 2.45) is 5.73 Å². The number of non-ortho nitro benzene ring substituents is 1. The molecule has 24 heavy (non-hydrogen) atoms. The molecule has 2 aromatic rings. The van der Waals surface area contributed by atoms with E-state index < -0.39 is 16.7 Å². The number of amides is 2. The van der Waals surface area contributed by atoms with Crippen molar-refractivity contribution in [1.29, 1.82) is 0 Å². The zero-order valence-corrected chi connectivity index (χ0v) is 12.7. The average Bonchev–Trinajstić information content (AvgIpc) is 2.86. The van der Waals surface area contributed by atoms with Crippen molar-refractivity contribution < 1.29 is 14.5 Å². The third kappa shape index (κ3) is 2.32. The monoisotopic (exact) mass is 323 g/mol. The topological polar surface area (TPSA) is 107 Å². The van der Waals surface area contributed by atoms with E-state index in [4.69, 9.17) is 5.73 Å². The van der Waals surface area contributed by atoms with Crippen LogP contribution in [-0.4, -0.2) is 16.7 Å². The summed E-state index contributed by atoms with van der Waals surface area (Å²) < 4.78 is 0. The second kappa shape index (κ2) is 5.62. The number of anilines is 1. The van der Waals surface area contributed by atoms with E-state index in [9.17, 15) is 19.7 Å². The van der Waals surface area contributed by atoms with E-state index >= 15 is 0 Å². The van der Waals surface area contributed by atoms with Crippen molar-refractivity contribution in [2.45, 2.75) is 6.92 Å². The van der Waals surface area contributed by atoms with E-state index in [-0.39, 0.29) is 22.6 Å². The number of hydrogen-bond donors (Lipinski definition) is 1. The largest absolute Gasteiger partial charge is 0.398 e. The summed E-state index contributed by atoms with van der Waals surface area (Å²) in [6.45, 7) is 1.22. The maximum absolute atomic E-state index is 12.7. The van der Waals surface area contributed by atoms with Gasteiger partial charge in [-0.05, 0) is 11.6 Å². The van der Waals surface area contributed by atoms with E-state index in [1.54, 1.807) is 24.3 Å². The maximum atomic E-state index is 12.7. The molecule has 7 heteroatoms. The number of hydrogen-bond acceptors (Lipinski definition) is 5. The molecule has 1 aliphatic heterocycles. The predicted octanol–water partition coefficient (Wildman–Crippen LogP) is 2.31. The summed E-state index contributed by atoms with van der Waals surface area (Å²) in [5, 5.41) is 11.0. The highest BCUT2D eigenvalue weighted by molar-refractivity contribution is 6.43. The summed E-state index contributed by atoms with van der Waals surface area (Å²) in [6, 6.07) is 12.8. The first kappa shape index (κ1) is 15.4. The fourth-order valence-corrected chi connectivity index (χ4v) is 2.70. The summed E-state index contributed by atoms with van der Waals surface area (Å²) in [5.41, 5.74) is 7.56. The second-order valence-corrected chi connectivity index (χ2v) is 5.27. The van der Waals surface area contributed by atoms with Gasteiger partial charge >= 0.3 is 0 Å². The minimum atomic E-state index is -0.584. The molecule has 0 spiro atoms. The van der Waals surface area contributed by atoms with Crippen LogP contribution in [0, 0.1) is 10.1 Å². The Bertz CT molecular complexity index is 903. The van der Waals surface area contributed by atoms with Gasteiger partial charge in [-0.3, -0.25) is 19.7 Å². The van der Waals surface area contributed by atoms with Crippen molar-refractivity contribution in [3.8, 4) is 0 Å². The van der Waals surface area contributed by atoms with E-state index in [0.717, 1.165) is 4.90 Å². The van der Waals surface area contributed by atoms with Crippen molar-refractivity contribution in [3.63, 3.8) is 0 Å². The van der Waals surface area contributed by atoms with Gasteiger partial charge in [0.25, 0.3) is 11.6 Å². The van der Waals surface area contributed by atoms with Crippen LogP contribution in [0.3, 0.4) is 0 Å². The molecule has 0 aliphatic carbocycles. The number of nitro groups is 1. The quantitative estimate of drug-likeness (QED) is 0.518. The first-order chi connectivity index (χ1) is 11.4. The van der Waals surface area contributed by atoms with Crippen LogP contribution in [0.2, 0.25) is 0 Å². The molecule has 1 aliphatic rings. The highest BCUT2D eigenvalue weighted by atomic mass is 16.6. The van der Waals surface area contributed by atoms with Gasteiger partial charge < -0.3 is 5.73 Å². The molecular formula is C17H13N3O4. The van der Waals surface area contributed by atoms with Crippen LogP contribution in [-0.2, 0) is 9.59 Å². The molecule has 7 nitrogen and oxygen atoms in total. The lowest BCUT2D eigenvalue weighted by atomic mass is 10.0. The summed E-state index contributed by atoms with van der Waals surface area (Å²) in [5.74, 6) is -1.11. The van der Waals surface area contributed by atoms with Crippen LogP contribution < -0.4 is 10.6 Å². The number of benzene rings is 2. The van der Waals surface area contributed by atoms with E-state index in [2.05, 4.69) is 0 Å². The summed E-state index contributed by atoms with van der Waals surface area (Å²) in [4.78, 5) is 35.9. The standard InChI is InChI=1S/C17H13N3O4/c1-10(21)19-14-9-12(20(23)24)7-8-13(14)15(17(19)22)16(18)11-5-3-2-4-6-11/h2-9H,18H2,1H3/b16-15-. The first-order valence-corrected chi connectivity index (χ1v) is 7.11. The van der Waals surface area contributed by atoms with E-state index in [1.165, 1.54) is 25.1 Å². The number of fused-ring (bicyclic) bond motifs is 1. The van der Waals surface area contributed by atoms with Crippen molar-refractivity contribution in [1.82, 2.24) is 0 Å². The van der Waals surface area contributed by atoms with Gasteiger partial charge in [-0.15, -0.1) is 0 Å². The van der Waals surface area contributed by atoms with Gasteiger partial charge in [-0.2, -0.15) is 0 Å². The number of imide groups is 1. The molecule has 2 aromatic carbocycles. The predicted molar refractivity (Wildman–Crippen MR) is 88.7 cm³/mol. The van der Waals surface area contributed by atoms with Crippen LogP contribution in [0.5, 0.6) is 0 Å². The zero-order chi connectivity index (χ0) is 17.4. The van der Waals surface area contributed by atoms with Gasteiger partial charge in [-0.25, -0.2) is 4.90 Å². The first-order valence-electron chi connectivity index (χ1n) is 7.11. The van der Waals surface area contributed by atoms with Crippen LogP contribution in [0.25, 0.3) is 11.3 Å². The Morgan fingerprint density at radius 2 is 1.83 bits per heavy atom. The summed E-state index contributed by atoms with van der Waals surface area (Å²) in [6.07, 6.45) is 0. The molecule has 120 valence electrons. The Kier molecular flexibility index (Phi) is 3.61. The van der Waals surface area contributed by atoms with Crippen LogP contribution in [0.4, 0.5) is 11.4 Å². The minimum absolute atomic E-state index is 0.168. The SMILES string of the molecule is CC(=O)N1C(=O)/C(=C(\N)c2ccccc2)c2ccc([N+](=O)[O-])cc21. The van der Waals surface area contributed by atoms with Crippen molar-refractivity contribution >= 4 is 34.5 Å². The Hall–Kier alpha value is -3.48.